The fourth-order valence-corrected chi connectivity index (χ4v) is 5.13. The molecule has 0 aromatic heterocycles. The van der Waals surface area contributed by atoms with Crippen LogP contribution < -0.4 is 5.73 Å². The third kappa shape index (κ3) is 3.07. The molecular weight excluding hydrogens is 270 g/mol. The predicted molar refractivity (Wildman–Crippen MR) is 83.4 cm³/mol. The van der Waals surface area contributed by atoms with Gasteiger partial charge < -0.3 is 5.73 Å². The maximum absolute atomic E-state index is 12.6. The lowest BCUT2D eigenvalue weighted by Crippen LogP contribution is -2.36. The highest BCUT2D eigenvalue weighted by Gasteiger charge is 2.36. The van der Waals surface area contributed by atoms with E-state index in [0.29, 0.717) is 0 Å². The molecule has 0 radical (unpaired) electrons. The average molecular weight is 295 g/mol. The van der Waals surface area contributed by atoms with E-state index < -0.39 is 21.1 Å². The zero-order valence-corrected chi connectivity index (χ0v) is 13.2. The van der Waals surface area contributed by atoms with Gasteiger partial charge in [0.25, 0.3) is 0 Å². The van der Waals surface area contributed by atoms with Crippen molar-refractivity contribution in [1.82, 2.24) is 0 Å². The molecule has 1 aromatic carbocycles. The summed E-state index contributed by atoms with van der Waals surface area (Å²) < 4.78 is 25.2. The number of sulfone groups is 1. The Bertz CT molecular complexity index is 530. The molecule has 1 fully saturated rings. The lowest BCUT2D eigenvalue weighted by Gasteiger charge is -2.24. The van der Waals surface area contributed by atoms with E-state index in [1.54, 1.807) is 6.92 Å². The van der Waals surface area contributed by atoms with Gasteiger partial charge in [0.2, 0.25) is 0 Å². The third-order valence-corrected chi connectivity index (χ3v) is 7.29. The van der Waals surface area contributed by atoms with Gasteiger partial charge in [0, 0.05) is 6.04 Å². The lowest BCUT2D eigenvalue weighted by molar-refractivity contribution is 0.549. The van der Waals surface area contributed by atoms with Crippen molar-refractivity contribution in [2.75, 3.05) is 0 Å². The second-order valence-electron chi connectivity index (χ2n) is 5.82. The Labute approximate surface area is 122 Å². The topological polar surface area (TPSA) is 60.2 Å². The smallest absolute Gasteiger partial charge is 0.157 e. The molecular formula is C16H25NO2S. The van der Waals surface area contributed by atoms with E-state index in [4.69, 9.17) is 5.73 Å². The zero-order chi connectivity index (χ0) is 14.8. The van der Waals surface area contributed by atoms with Crippen LogP contribution in [0.25, 0.3) is 0 Å². The number of hydrogen-bond acceptors (Lipinski definition) is 3. The summed E-state index contributed by atoms with van der Waals surface area (Å²) in [4.78, 5) is 0. The summed E-state index contributed by atoms with van der Waals surface area (Å²) in [7, 11) is -3.13. The molecule has 1 aliphatic carbocycles. The normalized spacial score (nSPS) is 19.9. The standard InChI is InChI=1S/C16H25NO2S/c1-3-13-8-10-14(11-9-13)16(17)12(2)20(18,19)15-6-4-5-7-15/h8-12,15-16H,3-7,17H2,1-2H3. The van der Waals surface area contributed by atoms with Crippen molar-refractivity contribution in [3.63, 3.8) is 0 Å². The van der Waals surface area contributed by atoms with Crippen molar-refractivity contribution in [3.05, 3.63) is 35.4 Å². The van der Waals surface area contributed by atoms with Crippen LogP contribution in [0, 0.1) is 0 Å². The fraction of sp³-hybridized carbons (Fsp3) is 0.625. The molecule has 112 valence electrons. The SMILES string of the molecule is CCc1ccc(C(N)C(C)S(=O)(=O)C2CCCC2)cc1. The minimum Gasteiger partial charge on any atom is -0.323 e. The molecule has 20 heavy (non-hydrogen) atoms. The summed E-state index contributed by atoms with van der Waals surface area (Å²) >= 11 is 0. The van der Waals surface area contributed by atoms with Crippen LogP contribution in [0.1, 0.15) is 56.7 Å². The average Bonchev–Trinajstić information content (AvgIpc) is 3.00. The van der Waals surface area contributed by atoms with E-state index in [0.717, 1.165) is 37.7 Å². The molecule has 1 saturated carbocycles. The van der Waals surface area contributed by atoms with Crippen LogP contribution in [0.4, 0.5) is 0 Å². The van der Waals surface area contributed by atoms with Crippen molar-refractivity contribution in [2.24, 2.45) is 5.73 Å². The van der Waals surface area contributed by atoms with Gasteiger partial charge in [-0.3, -0.25) is 0 Å². The monoisotopic (exact) mass is 295 g/mol. The Morgan fingerprint density at radius 3 is 2.25 bits per heavy atom. The molecule has 4 heteroatoms. The first-order valence-corrected chi connectivity index (χ1v) is 9.15. The fourth-order valence-electron chi connectivity index (χ4n) is 2.97. The Hall–Kier alpha value is -0.870. The second-order valence-corrected chi connectivity index (χ2v) is 8.41. The predicted octanol–water partition coefficient (Wildman–Crippen LogP) is 2.99. The highest BCUT2D eigenvalue weighted by Crippen LogP contribution is 2.31. The van der Waals surface area contributed by atoms with Gasteiger partial charge in [0.05, 0.1) is 10.5 Å². The summed E-state index contributed by atoms with van der Waals surface area (Å²) in [5.41, 5.74) is 8.36. The number of benzene rings is 1. The van der Waals surface area contributed by atoms with E-state index in [1.807, 2.05) is 24.3 Å². The molecule has 2 rings (SSSR count). The van der Waals surface area contributed by atoms with Crippen molar-refractivity contribution in [1.29, 1.82) is 0 Å². The lowest BCUT2D eigenvalue weighted by atomic mass is 10.0. The van der Waals surface area contributed by atoms with Crippen LogP contribution in [-0.2, 0) is 16.3 Å². The highest BCUT2D eigenvalue weighted by atomic mass is 32.2. The maximum atomic E-state index is 12.6. The third-order valence-electron chi connectivity index (χ3n) is 4.56. The Kier molecular flexibility index (Phi) is 4.86. The van der Waals surface area contributed by atoms with E-state index in [-0.39, 0.29) is 5.25 Å². The summed E-state index contributed by atoms with van der Waals surface area (Å²) in [6.07, 6.45) is 4.63. The summed E-state index contributed by atoms with van der Waals surface area (Å²) in [5, 5.41) is -0.698. The van der Waals surface area contributed by atoms with Crippen molar-refractivity contribution >= 4 is 9.84 Å². The minimum absolute atomic E-state index is 0.182. The number of hydrogen-bond donors (Lipinski definition) is 1. The van der Waals surface area contributed by atoms with Crippen LogP contribution in [0.5, 0.6) is 0 Å². The number of rotatable bonds is 5. The molecule has 0 spiro atoms. The quantitative estimate of drug-likeness (QED) is 0.908. The van der Waals surface area contributed by atoms with Crippen molar-refractivity contribution < 1.29 is 8.42 Å². The van der Waals surface area contributed by atoms with Gasteiger partial charge in [-0.2, -0.15) is 0 Å². The Morgan fingerprint density at radius 1 is 1.20 bits per heavy atom. The van der Waals surface area contributed by atoms with Gasteiger partial charge in [-0.1, -0.05) is 44.0 Å². The molecule has 2 N–H and O–H groups in total. The molecule has 0 saturated heterocycles. The zero-order valence-electron chi connectivity index (χ0n) is 12.4. The van der Waals surface area contributed by atoms with Crippen LogP contribution in [0.2, 0.25) is 0 Å². The van der Waals surface area contributed by atoms with Crippen LogP contribution in [-0.4, -0.2) is 18.9 Å². The molecule has 0 bridgehead atoms. The van der Waals surface area contributed by atoms with E-state index >= 15 is 0 Å². The molecule has 1 aliphatic rings. The van der Waals surface area contributed by atoms with Crippen molar-refractivity contribution in [2.45, 2.75) is 62.5 Å². The maximum Gasteiger partial charge on any atom is 0.157 e. The van der Waals surface area contributed by atoms with Gasteiger partial charge in [-0.05, 0) is 37.3 Å². The van der Waals surface area contributed by atoms with Gasteiger partial charge in [0.15, 0.2) is 9.84 Å². The Morgan fingerprint density at radius 2 is 1.75 bits per heavy atom. The molecule has 2 unspecified atom stereocenters. The highest BCUT2D eigenvalue weighted by molar-refractivity contribution is 7.92. The summed E-state index contributed by atoms with van der Waals surface area (Å²) in [6.45, 7) is 3.86. The van der Waals surface area contributed by atoms with Crippen LogP contribution in [0.3, 0.4) is 0 Å². The minimum atomic E-state index is -3.13. The van der Waals surface area contributed by atoms with Crippen molar-refractivity contribution in [3.8, 4) is 0 Å². The first-order valence-electron chi connectivity index (χ1n) is 7.54. The van der Waals surface area contributed by atoms with Gasteiger partial charge >= 0.3 is 0 Å². The molecule has 2 atom stereocenters. The first kappa shape index (κ1) is 15.5. The molecule has 3 nitrogen and oxygen atoms in total. The summed E-state index contributed by atoms with van der Waals surface area (Å²) in [6, 6.07) is 7.55. The molecule has 0 amide bonds. The van der Waals surface area contributed by atoms with Crippen LogP contribution >= 0.6 is 0 Å². The van der Waals surface area contributed by atoms with E-state index in [2.05, 4.69) is 6.92 Å². The number of nitrogens with two attached hydrogens (primary N) is 1. The molecule has 0 heterocycles. The molecule has 1 aromatic rings. The van der Waals surface area contributed by atoms with Gasteiger partial charge in [-0.15, -0.1) is 0 Å². The van der Waals surface area contributed by atoms with E-state index in [9.17, 15) is 8.42 Å². The number of aryl methyl sites for hydroxylation is 1. The van der Waals surface area contributed by atoms with Gasteiger partial charge in [-0.25, -0.2) is 8.42 Å². The van der Waals surface area contributed by atoms with E-state index in [1.165, 1.54) is 5.56 Å². The Balaban J connectivity index is 2.16. The second kappa shape index (κ2) is 6.27. The van der Waals surface area contributed by atoms with Gasteiger partial charge in [0.1, 0.15) is 0 Å². The summed E-state index contributed by atoms with van der Waals surface area (Å²) in [5.74, 6) is 0. The first-order chi connectivity index (χ1) is 9.46. The molecule has 0 aliphatic heterocycles. The van der Waals surface area contributed by atoms with Crippen LogP contribution in [0.15, 0.2) is 24.3 Å². The largest absolute Gasteiger partial charge is 0.323 e.